The van der Waals surface area contributed by atoms with Crippen molar-refractivity contribution < 1.29 is 13.2 Å². The van der Waals surface area contributed by atoms with E-state index >= 15 is 0 Å². The normalized spacial score (nSPS) is 26.8. The van der Waals surface area contributed by atoms with Crippen molar-refractivity contribution >= 4 is 15.6 Å². The van der Waals surface area contributed by atoms with Crippen LogP contribution in [0.4, 0.5) is 0 Å². The Labute approximate surface area is 105 Å². The molecule has 0 amide bonds. The molecule has 100 valence electrons. The van der Waals surface area contributed by atoms with Crippen molar-refractivity contribution in [2.45, 2.75) is 58.1 Å². The van der Waals surface area contributed by atoms with Crippen molar-refractivity contribution in [2.75, 3.05) is 6.26 Å². The van der Waals surface area contributed by atoms with E-state index < -0.39 is 9.84 Å². The molecule has 3 nitrogen and oxygen atoms in total. The minimum absolute atomic E-state index is 0.00484. The largest absolute Gasteiger partial charge is 0.299 e. The lowest BCUT2D eigenvalue weighted by molar-refractivity contribution is -0.125. The Balaban J connectivity index is 2.64. The van der Waals surface area contributed by atoms with Gasteiger partial charge in [-0.3, -0.25) is 4.79 Å². The molecular formula is C13H24O3S. The first-order valence-electron chi connectivity index (χ1n) is 6.31. The average Bonchev–Trinajstić information content (AvgIpc) is 2.14. The van der Waals surface area contributed by atoms with Gasteiger partial charge in [0.15, 0.2) is 0 Å². The van der Waals surface area contributed by atoms with E-state index in [0.717, 1.165) is 19.3 Å². The second-order valence-electron chi connectivity index (χ2n) is 6.52. The van der Waals surface area contributed by atoms with Crippen molar-refractivity contribution in [3.05, 3.63) is 0 Å². The van der Waals surface area contributed by atoms with Gasteiger partial charge in [-0.1, -0.05) is 27.2 Å². The van der Waals surface area contributed by atoms with Gasteiger partial charge >= 0.3 is 0 Å². The summed E-state index contributed by atoms with van der Waals surface area (Å²) in [6, 6.07) is 0. The highest BCUT2D eigenvalue weighted by Gasteiger charge is 2.33. The lowest BCUT2D eigenvalue weighted by atomic mass is 9.79. The molecule has 0 heterocycles. The van der Waals surface area contributed by atoms with Crippen molar-refractivity contribution in [1.82, 2.24) is 0 Å². The fraction of sp³-hybridized carbons (Fsp3) is 0.923. The molecule has 0 aliphatic heterocycles. The van der Waals surface area contributed by atoms with Crippen LogP contribution in [0.5, 0.6) is 0 Å². The molecule has 0 radical (unpaired) electrons. The Morgan fingerprint density at radius 2 is 1.82 bits per heavy atom. The fourth-order valence-corrected chi connectivity index (χ4v) is 3.67. The quantitative estimate of drug-likeness (QED) is 0.783. The van der Waals surface area contributed by atoms with Crippen LogP contribution < -0.4 is 0 Å². The molecule has 0 aromatic rings. The van der Waals surface area contributed by atoms with Crippen LogP contribution in [0.15, 0.2) is 0 Å². The number of carbonyl (C=O) groups is 1. The van der Waals surface area contributed by atoms with E-state index in [1.165, 1.54) is 6.26 Å². The molecule has 0 N–H and O–H groups in total. The third kappa shape index (κ3) is 4.78. The summed E-state index contributed by atoms with van der Waals surface area (Å²) < 4.78 is 23.1. The number of Topliss-reactive ketones (excluding diaryl/α,β-unsaturated/α-hetero) is 1. The third-order valence-corrected chi connectivity index (χ3v) is 5.03. The van der Waals surface area contributed by atoms with Crippen LogP contribution in [-0.4, -0.2) is 25.7 Å². The minimum Gasteiger partial charge on any atom is -0.299 e. The summed E-state index contributed by atoms with van der Waals surface area (Å²) in [5.41, 5.74) is -0.00484. The maximum atomic E-state index is 12.1. The lowest BCUT2D eigenvalue weighted by Gasteiger charge is -2.29. The Hall–Kier alpha value is -0.380. The van der Waals surface area contributed by atoms with Gasteiger partial charge in [-0.15, -0.1) is 0 Å². The molecule has 2 unspecified atom stereocenters. The van der Waals surface area contributed by atoms with Crippen LogP contribution >= 0.6 is 0 Å². The highest BCUT2D eigenvalue weighted by Crippen LogP contribution is 2.32. The minimum atomic E-state index is -2.99. The average molecular weight is 260 g/mol. The van der Waals surface area contributed by atoms with Gasteiger partial charge in [-0.05, 0) is 24.7 Å². The number of carbonyl (C=O) groups excluding carboxylic acids is 1. The van der Waals surface area contributed by atoms with E-state index in [1.54, 1.807) is 0 Å². The first-order chi connectivity index (χ1) is 7.59. The number of ketones is 1. The third-order valence-electron chi connectivity index (χ3n) is 3.39. The van der Waals surface area contributed by atoms with Crippen LogP contribution in [0.3, 0.4) is 0 Å². The van der Waals surface area contributed by atoms with Crippen molar-refractivity contribution in [1.29, 1.82) is 0 Å². The predicted molar refractivity (Wildman–Crippen MR) is 69.7 cm³/mol. The van der Waals surface area contributed by atoms with E-state index in [9.17, 15) is 13.2 Å². The summed E-state index contributed by atoms with van der Waals surface area (Å²) in [5, 5.41) is -0.301. The Bertz CT molecular complexity index is 376. The van der Waals surface area contributed by atoms with Crippen molar-refractivity contribution in [3.63, 3.8) is 0 Å². The van der Waals surface area contributed by atoms with Gasteiger partial charge in [0.2, 0.25) is 0 Å². The highest BCUT2D eigenvalue weighted by molar-refractivity contribution is 7.91. The molecule has 0 aromatic heterocycles. The first kappa shape index (κ1) is 14.7. The van der Waals surface area contributed by atoms with Crippen LogP contribution in [0.1, 0.15) is 52.9 Å². The van der Waals surface area contributed by atoms with Crippen LogP contribution in [0.2, 0.25) is 0 Å². The van der Waals surface area contributed by atoms with Gasteiger partial charge in [0.05, 0.1) is 5.25 Å². The topological polar surface area (TPSA) is 51.2 Å². The molecule has 2 atom stereocenters. The summed E-state index contributed by atoms with van der Waals surface area (Å²) in [5.74, 6) is 0.202. The van der Waals surface area contributed by atoms with E-state index in [1.807, 2.05) is 20.8 Å². The maximum Gasteiger partial charge on any atom is 0.150 e. The smallest absolute Gasteiger partial charge is 0.150 e. The summed E-state index contributed by atoms with van der Waals surface area (Å²) in [6.07, 6.45) is 4.81. The number of rotatable bonds is 3. The monoisotopic (exact) mass is 260 g/mol. The second kappa shape index (κ2) is 5.09. The van der Waals surface area contributed by atoms with E-state index in [2.05, 4.69) is 0 Å². The molecule has 4 heteroatoms. The Morgan fingerprint density at radius 1 is 1.24 bits per heavy atom. The van der Waals surface area contributed by atoms with E-state index in [0.29, 0.717) is 12.8 Å². The van der Waals surface area contributed by atoms with Crippen molar-refractivity contribution in [3.8, 4) is 0 Å². The molecule has 0 aromatic carbocycles. The number of sulfone groups is 1. The SMILES string of the molecule is CC(C)(C)CC(=O)C1CCCC(S(C)(=O)=O)C1. The molecule has 17 heavy (non-hydrogen) atoms. The molecule has 1 fully saturated rings. The number of hydrogen-bond donors (Lipinski definition) is 0. The van der Waals surface area contributed by atoms with Gasteiger partial charge < -0.3 is 0 Å². The standard InChI is InChI=1S/C13H24O3S/c1-13(2,3)9-12(14)10-6-5-7-11(8-10)17(4,15)16/h10-11H,5-9H2,1-4H3. The molecule has 0 spiro atoms. The number of hydrogen-bond acceptors (Lipinski definition) is 3. The molecule has 1 aliphatic carbocycles. The van der Waals surface area contributed by atoms with Gasteiger partial charge in [-0.25, -0.2) is 8.42 Å². The summed E-state index contributed by atoms with van der Waals surface area (Å²) >= 11 is 0. The van der Waals surface area contributed by atoms with E-state index in [-0.39, 0.29) is 22.4 Å². The highest BCUT2D eigenvalue weighted by atomic mass is 32.2. The zero-order valence-electron chi connectivity index (χ0n) is 11.3. The molecule has 1 rings (SSSR count). The van der Waals surface area contributed by atoms with Crippen LogP contribution in [0, 0.1) is 11.3 Å². The Morgan fingerprint density at radius 3 is 2.29 bits per heavy atom. The van der Waals surface area contributed by atoms with Gasteiger partial charge in [0, 0.05) is 18.6 Å². The summed E-state index contributed by atoms with van der Waals surface area (Å²) in [7, 11) is -2.99. The van der Waals surface area contributed by atoms with Gasteiger partial charge in [0.25, 0.3) is 0 Å². The second-order valence-corrected chi connectivity index (χ2v) is 8.84. The summed E-state index contributed by atoms with van der Waals surface area (Å²) in [4.78, 5) is 12.1. The lowest BCUT2D eigenvalue weighted by Crippen LogP contribution is -2.32. The van der Waals surface area contributed by atoms with Crippen LogP contribution in [0.25, 0.3) is 0 Å². The molecule has 1 saturated carbocycles. The van der Waals surface area contributed by atoms with Crippen LogP contribution in [-0.2, 0) is 14.6 Å². The zero-order chi connectivity index (χ0) is 13.3. The van der Waals surface area contributed by atoms with E-state index in [4.69, 9.17) is 0 Å². The predicted octanol–water partition coefficient (Wildman–Crippen LogP) is 2.60. The maximum absolute atomic E-state index is 12.1. The molecule has 0 bridgehead atoms. The summed E-state index contributed by atoms with van der Waals surface area (Å²) in [6.45, 7) is 6.13. The zero-order valence-corrected chi connectivity index (χ0v) is 12.1. The first-order valence-corrected chi connectivity index (χ1v) is 8.26. The molecular weight excluding hydrogens is 236 g/mol. The van der Waals surface area contributed by atoms with Crippen molar-refractivity contribution in [2.24, 2.45) is 11.3 Å². The Kier molecular flexibility index (Phi) is 4.39. The molecule has 0 saturated heterocycles. The van der Waals surface area contributed by atoms with Gasteiger partial charge in [-0.2, -0.15) is 0 Å². The fourth-order valence-electron chi connectivity index (χ4n) is 2.49. The van der Waals surface area contributed by atoms with Gasteiger partial charge in [0.1, 0.15) is 15.6 Å². The molecule has 1 aliphatic rings.